The SMILES string of the molecule is CCCCCCC(=O)OCOCC[Si](C)(C)C. The van der Waals surface area contributed by atoms with Crippen molar-refractivity contribution in [3.05, 3.63) is 0 Å². The summed E-state index contributed by atoms with van der Waals surface area (Å²) in [4.78, 5) is 11.3. The van der Waals surface area contributed by atoms with Crippen molar-refractivity contribution < 1.29 is 14.3 Å². The highest BCUT2D eigenvalue weighted by molar-refractivity contribution is 6.76. The second-order valence-corrected chi connectivity index (χ2v) is 11.3. The summed E-state index contributed by atoms with van der Waals surface area (Å²) in [5, 5.41) is 0. The van der Waals surface area contributed by atoms with Crippen LogP contribution in [0.25, 0.3) is 0 Å². The first kappa shape index (κ1) is 16.6. The molecule has 0 atom stereocenters. The molecule has 0 amide bonds. The van der Waals surface area contributed by atoms with Gasteiger partial charge in [0.25, 0.3) is 0 Å². The van der Waals surface area contributed by atoms with Gasteiger partial charge in [-0.15, -0.1) is 0 Å². The minimum absolute atomic E-state index is 0.122. The summed E-state index contributed by atoms with van der Waals surface area (Å²) in [6.07, 6.45) is 4.95. The molecule has 0 saturated carbocycles. The molecule has 0 unspecified atom stereocenters. The fourth-order valence-corrected chi connectivity index (χ4v) is 2.07. The van der Waals surface area contributed by atoms with Gasteiger partial charge >= 0.3 is 5.97 Å². The van der Waals surface area contributed by atoms with E-state index in [9.17, 15) is 4.79 Å². The summed E-state index contributed by atoms with van der Waals surface area (Å²) in [7, 11) is -1.03. The molecule has 0 aliphatic carbocycles. The van der Waals surface area contributed by atoms with Crippen molar-refractivity contribution in [1.29, 1.82) is 0 Å². The van der Waals surface area contributed by atoms with Crippen molar-refractivity contribution in [1.82, 2.24) is 0 Å². The largest absolute Gasteiger partial charge is 0.438 e. The number of rotatable bonds is 10. The van der Waals surface area contributed by atoms with Crippen LogP contribution in [0.4, 0.5) is 0 Å². The zero-order valence-corrected chi connectivity index (χ0v) is 12.9. The summed E-state index contributed by atoms with van der Waals surface area (Å²) in [6, 6.07) is 1.11. The molecule has 0 rings (SSSR count). The highest BCUT2D eigenvalue weighted by atomic mass is 28.3. The van der Waals surface area contributed by atoms with Crippen molar-refractivity contribution in [2.24, 2.45) is 0 Å². The van der Waals surface area contributed by atoms with Crippen LogP contribution in [-0.2, 0) is 14.3 Å². The Balaban J connectivity index is 3.28. The van der Waals surface area contributed by atoms with E-state index in [0.717, 1.165) is 18.9 Å². The Morgan fingerprint density at radius 3 is 2.41 bits per heavy atom. The fraction of sp³-hybridized carbons (Fsp3) is 0.923. The highest BCUT2D eigenvalue weighted by Gasteiger charge is 2.12. The molecule has 0 fully saturated rings. The zero-order chi connectivity index (χ0) is 13.1. The van der Waals surface area contributed by atoms with E-state index in [1.807, 2.05) is 0 Å². The van der Waals surface area contributed by atoms with Crippen LogP contribution in [0.3, 0.4) is 0 Å². The van der Waals surface area contributed by atoms with E-state index in [2.05, 4.69) is 26.6 Å². The van der Waals surface area contributed by atoms with Crippen LogP contribution in [-0.4, -0.2) is 27.4 Å². The van der Waals surface area contributed by atoms with Gasteiger partial charge < -0.3 is 9.47 Å². The number of carbonyl (C=O) groups excluding carboxylic acids is 1. The van der Waals surface area contributed by atoms with Gasteiger partial charge in [0.2, 0.25) is 0 Å². The van der Waals surface area contributed by atoms with Gasteiger partial charge in [-0.05, 0) is 12.5 Å². The molecule has 17 heavy (non-hydrogen) atoms. The van der Waals surface area contributed by atoms with Crippen molar-refractivity contribution >= 4 is 14.0 Å². The lowest BCUT2D eigenvalue weighted by atomic mass is 10.2. The lowest BCUT2D eigenvalue weighted by Gasteiger charge is -2.15. The highest BCUT2D eigenvalue weighted by Crippen LogP contribution is 2.07. The first-order chi connectivity index (χ1) is 7.95. The molecule has 0 saturated heterocycles. The third-order valence-corrected chi connectivity index (χ3v) is 4.24. The van der Waals surface area contributed by atoms with Gasteiger partial charge in [-0.2, -0.15) is 0 Å². The molecule has 0 N–H and O–H groups in total. The lowest BCUT2D eigenvalue weighted by molar-refractivity contribution is -0.155. The van der Waals surface area contributed by atoms with Gasteiger partial charge in [-0.25, -0.2) is 0 Å². The maximum Gasteiger partial charge on any atom is 0.307 e. The van der Waals surface area contributed by atoms with E-state index < -0.39 is 8.07 Å². The number of hydrogen-bond acceptors (Lipinski definition) is 3. The van der Waals surface area contributed by atoms with E-state index in [4.69, 9.17) is 9.47 Å². The van der Waals surface area contributed by atoms with Gasteiger partial charge in [0.1, 0.15) is 0 Å². The molecule has 3 nitrogen and oxygen atoms in total. The van der Waals surface area contributed by atoms with Gasteiger partial charge in [-0.3, -0.25) is 4.79 Å². The predicted molar refractivity (Wildman–Crippen MR) is 73.8 cm³/mol. The van der Waals surface area contributed by atoms with Crippen LogP contribution in [0.5, 0.6) is 0 Å². The molecule has 0 aliphatic rings. The normalized spacial score (nSPS) is 11.5. The van der Waals surface area contributed by atoms with Gasteiger partial charge in [0, 0.05) is 21.1 Å². The molecule has 0 radical (unpaired) electrons. The van der Waals surface area contributed by atoms with E-state index in [-0.39, 0.29) is 12.8 Å². The van der Waals surface area contributed by atoms with Crippen LogP contribution < -0.4 is 0 Å². The molecule has 4 heteroatoms. The van der Waals surface area contributed by atoms with Crippen molar-refractivity contribution in [3.63, 3.8) is 0 Å². The predicted octanol–water partition coefficient (Wildman–Crippen LogP) is 3.81. The second-order valence-electron chi connectivity index (χ2n) is 5.66. The summed E-state index contributed by atoms with van der Waals surface area (Å²) in [6.45, 7) is 9.89. The average molecular weight is 260 g/mol. The lowest BCUT2D eigenvalue weighted by Crippen LogP contribution is -2.22. The van der Waals surface area contributed by atoms with Crippen molar-refractivity contribution in [2.75, 3.05) is 13.4 Å². The van der Waals surface area contributed by atoms with Gasteiger partial charge in [0.05, 0.1) is 0 Å². The van der Waals surface area contributed by atoms with E-state index >= 15 is 0 Å². The first-order valence-corrected chi connectivity index (χ1v) is 10.4. The first-order valence-electron chi connectivity index (χ1n) is 6.69. The Labute approximate surface area is 107 Å². The van der Waals surface area contributed by atoms with E-state index in [0.29, 0.717) is 13.0 Å². The van der Waals surface area contributed by atoms with Gasteiger partial charge in [-0.1, -0.05) is 45.8 Å². The van der Waals surface area contributed by atoms with Crippen LogP contribution in [0.2, 0.25) is 25.7 Å². The number of esters is 1. The minimum atomic E-state index is -1.03. The maximum atomic E-state index is 11.3. The zero-order valence-electron chi connectivity index (χ0n) is 11.9. The van der Waals surface area contributed by atoms with E-state index in [1.165, 1.54) is 12.8 Å². The summed E-state index contributed by atoms with van der Waals surface area (Å²) in [5.41, 5.74) is 0. The summed E-state index contributed by atoms with van der Waals surface area (Å²) in [5.74, 6) is -0.130. The number of ether oxygens (including phenoxy) is 2. The smallest absolute Gasteiger partial charge is 0.307 e. The number of carbonyl (C=O) groups is 1. The Hall–Kier alpha value is -0.353. The molecule has 0 aliphatic heterocycles. The Morgan fingerprint density at radius 1 is 1.12 bits per heavy atom. The molecule has 0 aromatic carbocycles. The molecular formula is C13H28O3Si. The Bertz CT molecular complexity index is 199. The minimum Gasteiger partial charge on any atom is -0.438 e. The van der Waals surface area contributed by atoms with Crippen LogP contribution in [0.1, 0.15) is 39.0 Å². The Morgan fingerprint density at radius 2 is 1.82 bits per heavy atom. The molecule has 0 aromatic rings. The quantitative estimate of drug-likeness (QED) is 0.259. The summed E-state index contributed by atoms with van der Waals surface area (Å²) < 4.78 is 10.3. The van der Waals surface area contributed by atoms with Crippen molar-refractivity contribution in [3.8, 4) is 0 Å². The maximum absolute atomic E-state index is 11.3. The summed E-state index contributed by atoms with van der Waals surface area (Å²) >= 11 is 0. The molecule has 0 spiro atoms. The fourth-order valence-electron chi connectivity index (χ4n) is 1.31. The third-order valence-electron chi connectivity index (χ3n) is 2.53. The molecular weight excluding hydrogens is 232 g/mol. The number of hydrogen-bond donors (Lipinski definition) is 0. The average Bonchev–Trinajstić information content (AvgIpc) is 2.22. The topological polar surface area (TPSA) is 35.5 Å². The second kappa shape index (κ2) is 9.65. The van der Waals surface area contributed by atoms with Crippen LogP contribution in [0.15, 0.2) is 0 Å². The third kappa shape index (κ3) is 13.6. The monoisotopic (exact) mass is 260 g/mol. The van der Waals surface area contributed by atoms with Crippen LogP contribution in [0, 0.1) is 0 Å². The molecule has 102 valence electrons. The number of unbranched alkanes of at least 4 members (excludes halogenated alkanes) is 3. The molecule has 0 aromatic heterocycles. The van der Waals surface area contributed by atoms with E-state index in [1.54, 1.807) is 0 Å². The van der Waals surface area contributed by atoms with Crippen LogP contribution >= 0.6 is 0 Å². The Kier molecular flexibility index (Phi) is 9.45. The molecule has 0 bridgehead atoms. The van der Waals surface area contributed by atoms with Crippen molar-refractivity contribution in [2.45, 2.75) is 64.7 Å². The standard InChI is InChI=1S/C13H28O3Si/c1-5-6-7-8-9-13(14)16-12-15-10-11-17(2,3)4/h5-12H2,1-4H3. The molecule has 0 heterocycles. The van der Waals surface area contributed by atoms with Gasteiger partial charge in [0.15, 0.2) is 6.79 Å².